The van der Waals surface area contributed by atoms with Crippen LogP contribution >= 0.6 is 0 Å². The van der Waals surface area contributed by atoms with E-state index in [1.807, 2.05) is 0 Å². The topological polar surface area (TPSA) is 29.1 Å². The third-order valence-electron chi connectivity index (χ3n) is 2.05. The van der Waals surface area contributed by atoms with Crippen molar-refractivity contribution in [3.63, 3.8) is 0 Å². The van der Waals surface area contributed by atoms with Crippen molar-refractivity contribution in [2.24, 2.45) is 11.8 Å². The van der Waals surface area contributed by atoms with Crippen LogP contribution in [0.15, 0.2) is 0 Å². The van der Waals surface area contributed by atoms with Crippen LogP contribution in [0.2, 0.25) is 0 Å². The van der Waals surface area contributed by atoms with Crippen molar-refractivity contribution < 1.29 is 10.1 Å². The van der Waals surface area contributed by atoms with E-state index in [2.05, 4.69) is 25.7 Å². The van der Waals surface area contributed by atoms with Crippen LogP contribution in [0.1, 0.15) is 46.5 Å². The van der Waals surface area contributed by atoms with Gasteiger partial charge in [-0.15, -0.1) is 0 Å². The van der Waals surface area contributed by atoms with Gasteiger partial charge in [-0.3, -0.25) is 0 Å². The third kappa shape index (κ3) is 8.02. The van der Waals surface area contributed by atoms with Crippen LogP contribution in [-0.4, -0.2) is 6.61 Å². The minimum Gasteiger partial charge on any atom is -0.204 e. The molecule has 1 unspecified atom stereocenters. The molecular weight excluding hydrogens is 152 g/mol. The van der Waals surface area contributed by atoms with Crippen molar-refractivity contribution in [2.45, 2.75) is 46.5 Å². The average Bonchev–Trinajstić information content (AvgIpc) is 1.97. The Kier molecular flexibility index (Phi) is 7.51. The Hall–Kier alpha value is -0.0800. The zero-order valence-corrected chi connectivity index (χ0v) is 8.51. The van der Waals surface area contributed by atoms with Crippen LogP contribution in [0.25, 0.3) is 0 Å². The van der Waals surface area contributed by atoms with Gasteiger partial charge in [-0.2, -0.15) is 0 Å². The van der Waals surface area contributed by atoms with E-state index in [4.69, 9.17) is 0 Å². The molecule has 0 saturated carbocycles. The second-order valence-corrected chi connectivity index (χ2v) is 4.05. The predicted molar refractivity (Wildman–Crippen MR) is 49.1 cm³/mol. The summed E-state index contributed by atoms with van der Waals surface area (Å²) >= 11 is 0. The second-order valence-electron chi connectivity index (χ2n) is 4.05. The SMILES string of the molecule is CC(C)CC(C)CCCCO[O]. The monoisotopic (exact) mass is 173 g/mol. The van der Waals surface area contributed by atoms with Gasteiger partial charge in [0.2, 0.25) is 0 Å². The van der Waals surface area contributed by atoms with Gasteiger partial charge in [-0.05, 0) is 29.9 Å². The lowest BCUT2D eigenvalue weighted by molar-refractivity contribution is -0.303. The van der Waals surface area contributed by atoms with Gasteiger partial charge in [0.1, 0.15) is 0 Å². The van der Waals surface area contributed by atoms with E-state index >= 15 is 0 Å². The Morgan fingerprint density at radius 1 is 1.17 bits per heavy atom. The molecule has 0 rings (SSSR count). The Morgan fingerprint density at radius 3 is 2.33 bits per heavy atom. The van der Waals surface area contributed by atoms with Gasteiger partial charge >= 0.3 is 0 Å². The predicted octanol–water partition coefficient (Wildman–Crippen LogP) is 3.20. The lowest BCUT2D eigenvalue weighted by Gasteiger charge is -2.12. The maximum Gasteiger partial charge on any atom is 0.0854 e. The molecule has 0 aromatic heterocycles. The molecular formula is C10H21O2. The van der Waals surface area contributed by atoms with Gasteiger partial charge in [-0.1, -0.05) is 33.6 Å². The summed E-state index contributed by atoms with van der Waals surface area (Å²) in [5, 5.41) is 9.65. The first kappa shape index (κ1) is 11.9. The van der Waals surface area contributed by atoms with Crippen LogP contribution in [0.3, 0.4) is 0 Å². The Morgan fingerprint density at radius 2 is 1.83 bits per heavy atom. The summed E-state index contributed by atoms with van der Waals surface area (Å²) in [5.74, 6) is 1.58. The van der Waals surface area contributed by atoms with E-state index in [0.29, 0.717) is 6.61 Å². The summed E-state index contributed by atoms with van der Waals surface area (Å²) in [6.45, 7) is 7.14. The summed E-state index contributed by atoms with van der Waals surface area (Å²) in [7, 11) is 0. The van der Waals surface area contributed by atoms with E-state index in [0.717, 1.165) is 24.7 Å². The van der Waals surface area contributed by atoms with Gasteiger partial charge in [0, 0.05) is 0 Å². The lowest BCUT2D eigenvalue weighted by Crippen LogP contribution is -2.00. The molecule has 0 aromatic carbocycles. The number of unbranched alkanes of at least 4 members (excludes halogenated alkanes) is 1. The summed E-state index contributed by atoms with van der Waals surface area (Å²) in [5.41, 5.74) is 0. The summed E-state index contributed by atoms with van der Waals surface area (Å²) in [6.07, 6.45) is 4.54. The smallest absolute Gasteiger partial charge is 0.0854 e. The molecule has 0 spiro atoms. The lowest BCUT2D eigenvalue weighted by atomic mass is 9.94. The molecule has 0 aromatic rings. The second kappa shape index (κ2) is 7.56. The molecule has 12 heavy (non-hydrogen) atoms. The van der Waals surface area contributed by atoms with E-state index in [1.165, 1.54) is 12.8 Å². The minimum atomic E-state index is 0.369. The Balaban J connectivity index is 3.14. The highest BCUT2D eigenvalue weighted by Gasteiger charge is 2.04. The van der Waals surface area contributed by atoms with E-state index < -0.39 is 0 Å². The standard InChI is InChI=1S/C10H21O2/c1-9(2)8-10(3)6-4-5-7-12-11/h9-10H,4-8H2,1-3H3. The highest BCUT2D eigenvalue weighted by molar-refractivity contribution is 4.56. The van der Waals surface area contributed by atoms with Gasteiger partial charge in [0.15, 0.2) is 0 Å². The van der Waals surface area contributed by atoms with Gasteiger partial charge in [0.25, 0.3) is 0 Å². The average molecular weight is 173 g/mol. The highest BCUT2D eigenvalue weighted by atomic mass is 17.1. The maximum absolute atomic E-state index is 9.65. The summed E-state index contributed by atoms with van der Waals surface area (Å²) < 4.78 is 0. The molecule has 0 saturated heterocycles. The molecule has 0 heterocycles. The van der Waals surface area contributed by atoms with Crippen LogP contribution in [0, 0.1) is 11.8 Å². The molecule has 0 aliphatic rings. The van der Waals surface area contributed by atoms with Crippen molar-refractivity contribution in [3.05, 3.63) is 0 Å². The first-order chi connectivity index (χ1) is 5.66. The van der Waals surface area contributed by atoms with Crippen molar-refractivity contribution in [1.29, 1.82) is 0 Å². The molecule has 2 heteroatoms. The summed E-state index contributed by atoms with van der Waals surface area (Å²) in [6, 6.07) is 0. The quantitative estimate of drug-likeness (QED) is 0.330. The molecule has 0 aliphatic carbocycles. The van der Waals surface area contributed by atoms with Gasteiger partial charge < -0.3 is 0 Å². The van der Waals surface area contributed by atoms with Gasteiger partial charge in [-0.25, -0.2) is 4.89 Å². The molecule has 0 aliphatic heterocycles. The molecule has 2 nitrogen and oxygen atoms in total. The first-order valence-corrected chi connectivity index (χ1v) is 4.91. The van der Waals surface area contributed by atoms with E-state index in [1.54, 1.807) is 0 Å². The van der Waals surface area contributed by atoms with Crippen molar-refractivity contribution in [3.8, 4) is 0 Å². The molecule has 0 N–H and O–H groups in total. The largest absolute Gasteiger partial charge is 0.204 e. The highest BCUT2D eigenvalue weighted by Crippen LogP contribution is 2.16. The number of hydrogen-bond acceptors (Lipinski definition) is 1. The zero-order chi connectivity index (χ0) is 9.40. The zero-order valence-electron chi connectivity index (χ0n) is 8.51. The summed E-state index contributed by atoms with van der Waals surface area (Å²) in [4.78, 5) is 3.75. The van der Waals surface area contributed by atoms with Crippen LogP contribution in [0.4, 0.5) is 0 Å². The fraction of sp³-hybridized carbons (Fsp3) is 1.00. The number of hydrogen-bond donors (Lipinski definition) is 0. The van der Waals surface area contributed by atoms with Crippen LogP contribution < -0.4 is 0 Å². The molecule has 0 bridgehead atoms. The van der Waals surface area contributed by atoms with Gasteiger partial charge in [0.05, 0.1) is 6.61 Å². The molecule has 73 valence electrons. The van der Waals surface area contributed by atoms with Crippen LogP contribution in [0.5, 0.6) is 0 Å². The van der Waals surface area contributed by atoms with Crippen molar-refractivity contribution in [2.75, 3.05) is 6.61 Å². The van der Waals surface area contributed by atoms with E-state index in [9.17, 15) is 5.26 Å². The fourth-order valence-electron chi connectivity index (χ4n) is 1.58. The number of rotatable bonds is 7. The fourth-order valence-corrected chi connectivity index (χ4v) is 1.58. The Bertz CT molecular complexity index is 91.8. The third-order valence-corrected chi connectivity index (χ3v) is 2.05. The normalized spacial score (nSPS) is 13.8. The Labute approximate surface area is 75.9 Å². The molecule has 0 amide bonds. The minimum absolute atomic E-state index is 0.369. The van der Waals surface area contributed by atoms with E-state index in [-0.39, 0.29) is 0 Å². The maximum atomic E-state index is 9.65. The molecule has 1 radical (unpaired) electrons. The molecule has 1 atom stereocenters. The van der Waals surface area contributed by atoms with Crippen molar-refractivity contribution in [1.82, 2.24) is 0 Å². The van der Waals surface area contributed by atoms with Crippen LogP contribution in [-0.2, 0) is 10.1 Å². The molecule has 0 fully saturated rings. The first-order valence-electron chi connectivity index (χ1n) is 4.91. The van der Waals surface area contributed by atoms with Crippen molar-refractivity contribution >= 4 is 0 Å².